The molecule has 0 radical (unpaired) electrons. The van der Waals surface area contributed by atoms with E-state index in [1.165, 1.54) is 11.3 Å². The monoisotopic (exact) mass is 419 g/mol. The van der Waals surface area contributed by atoms with Gasteiger partial charge in [-0.15, -0.1) is 0 Å². The van der Waals surface area contributed by atoms with Gasteiger partial charge in [0.15, 0.2) is 0 Å². The summed E-state index contributed by atoms with van der Waals surface area (Å²) in [4.78, 5) is 39.6. The standard InChI is InChI=1S/C22H17N3O4S/c26-20(14-9-10-30-12-14)23-15-2-6-17(7-3-15)29-21(27)13-1-8-19-18(11-13)24-22(28)25(19)16-4-5-16/h1-3,6-12,16H,4-5H2,(H,23,26)(H,24,28). The van der Waals surface area contributed by atoms with E-state index in [9.17, 15) is 14.4 Å². The first kappa shape index (κ1) is 18.4. The number of esters is 1. The summed E-state index contributed by atoms with van der Waals surface area (Å²) in [6, 6.07) is 13.6. The van der Waals surface area contributed by atoms with E-state index in [0.717, 1.165) is 18.4 Å². The molecule has 4 aromatic rings. The smallest absolute Gasteiger partial charge is 0.343 e. The van der Waals surface area contributed by atoms with Crippen molar-refractivity contribution < 1.29 is 14.3 Å². The third-order valence-electron chi connectivity index (χ3n) is 4.97. The summed E-state index contributed by atoms with van der Waals surface area (Å²) >= 11 is 1.45. The summed E-state index contributed by atoms with van der Waals surface area (Å²) in [7, 11) is 0. The van der Waals surface area contributed by atoms with Crippen molar-refractivity contribution >= 4 is 39.9 Å². The van der Waals surface area contributed by atoms with Gasteiger partial charge in [0.05, 0.1) is 22.2 Å². The Morgan fingerprint density at radius 3 is 2.57 bits per heavy atom. The molecule has 1 amide bonds. The van der Waals surface area contributed by atoms with Crippen molar-refractivity contribution in [3.05, 3.63) is 80.9 Å². The zero-order valence-electron chi connectivity index (χ0n) is 15.8. The Kier molecular flexibility index (Phi) is 4.48. The zero-order valence-corrected chi connectivity index (χ0v) is 16.6. The number of imidazole rings is 1. The van der Waals surface area contributed by atoms with Gasteiger partial charge in [0.2, 0.25) is 0 Å². The van der Waals surface area contributed by atoms with Gasteiger partial charge in [-0.3, -0.25) is 9.36 Å². The van der Waals surface area contributed by atoms with Gasteiger partial charge in [-0.25, -0.2) is 9.59 Å². The Bertz CT molecular complexity index is 1300. The molecule has 0 aliphatic heterocycles. The van der Waals surface area contributed by atoms with Crippen LogP contribution in [0.4, 0.5) is 5.69 Å². The van der Waals surface area contributed by atoms with Crippen molar-refractivity contribution in [1.82, 2.24) is 9.55 Å². The summed E-state index contributed by atoms with van der Waals surface area (Å²) in [5.41, 5.74) is 2.81. The highest BCUT2D eigenvalue weighted by molar-refractivity contribution is 7.08. The number of hydrogen-bond acceptors (Lipinski definition) is 5. The minimum absolute atomic E-state index is 0.155. The second kappa shape index (κ2) is 7.31. The van der Waals surface area contributed by atoms with Gasteiger partial charge in [-0.05, 0) is 66.8 Å². The summed E-state index contributed by atoms with van der Waals surface area (Å²) in [5.74, 6) is -0.355. The number of thiophene rings is 1. The van der Waals surface area contributed by atoms with E-state index in [0.29, 0.717) is 28.1 Å². The largest absolute Gasteiger partial charge is 0.423 e. The lowest BCUT2D eigenvalue weighted by Crippen LogP contribution is -2.14. The quantitative estimate of drug-likeness (QED) is 0.375. The summed E-state index contributed by atoms with van der Waals surface area (Å²) in [5, 5.41) is 6.40. The molecule has 2 heterocycles. The van der Waals surface area contributed by atoms with Crippen molar-refractivity contribution in [3.8, 4) is 5.75 Å². The molecule has 0 atom stereocenters. The minimum Gasteiger partial charge on any atom is -0.423 e. The summed E-state index contributed by atoms with van der Waals surface area (Å²) in [6.45, 7) is 0. The van der Waals surface area contributed by atoms with Crippen LogP contribution < -0.4 is 15.7 Å². The molecule has 150 valence electrons. The van der Waals surface area contributed by atoms with Crippen LogP contribution >= 0.6 is 11.3 Å². The van der Waals surface area contributed by atoms with E-state index in [-0.39, 0.29) is 17.6 Å². The number of rotatable bonds is 5. The maximum absolute atomic E-state index is 12.5. The van der Waals surface area contributed by atoms with E-state index in [2.05, 4.69) is 10.3 Å². The highest BCUT2D eigenvalue weighted by Crippen LogP contribution is 2.35. The number of nitrogens with one attached hydrogen (secondary N) is 2. The molecule has 1 aliphatic rings. The van der Waals surface area contributed by atoms with Gasteiger partial charge in [0.25, 0.3) is 5.91 Å². The third kappa shape index (κ3) is 3.53. The highest BCUT2D eigenvalue weighted by atomic mass is 32.1. The number of anilines is 1. The molecule has 0 bridgehead atoms. The predicted molar refractivity (Wildman–Crippen MR) is 115 cm³/mol. The molecule has 1 aliphatic carbocycles. The molecule has 0 unspecified atom stereocenters. The van der Waals surface area contributed by atoms with Gasteiger partial charge in [-0.1, -0.05) is 0 Å². The number of hydrogen-bond donors (Lipinski definition) is 2. The summed E-state index contributed by atoms with van der Waals surface area (Å²) in [6.07, 6.45) is 2.00. The maximum atomic E-state index is 12.5. The van der Waals surface area contributed by atoms with Crippen LogP contribution in [0.25, 0.3) is 11.0 Å². The van der Waals surface area contributed by atoms with Gasteiger partial charge in [-0.2, -0.15) is 11.3 Å². The number of nitrogens with zero attached hydrogens (tertiary/aromatic N) is 1. The molecule has 2 aromatic carbocycles. The number of amides is 1. The molecule has 0 saturated heterocycles. The van der Waals surface area contributed by atoms with Crippen LogP contribution in [0.5, 0.6) is 5.75 Å². The number of fused-ring (bicyclic) bond motifs is 1. The van der Waals surface area contributed by atoms with E-state index < -0.39 is 5.97 Å². The Morgan fingerprint density at radius 1 is 1.07 bits per heavy atom. The van der Waals surface area contributed by atoms with Crippen LogP contribution in [0, 0.1) is 0 Å². The Morgan fingerprint density at radius 2 is 1.87 bits per heavy atom. The fraction of sp³-hybridized carbons (Fsp3) is 0.136. The van der Waals surface area contributed by atoms with E-state index in [1.54, 1.807) is 58.5 Å². The SMILES string of the molecule is O=C(Nc1ccc(OC(=O)c2ccc3c(c2)[nH]c(=O)n3C2CC2)cc1)c1ccsc1. The lowest BCUT2D eigenvalue weighted by molar-refractivity contribution is 0.0734. The molecule has 2 N–H and O–H groups in total. The van der Waals surface area contributed by atoms with E-state index >= 15 is 0 Å². The summed E-state index contributed by atoms with van der Waals surface area (Å²) < 4.78 is 7.17. The second-order valence-corrected chi connectivity index (χ2v) is 7.92. The topological polar surface area (TPSA) is 93.2 Å². The predicted octanol–water partition coefficient (Wildman–Crippen LogP) is 4.20. The van der Waals surface area contributed by atoms with E-state index in [1.807, 2.05) is 5.38 Å². The van der Waals surface area contributed by atoms with Crippen LogP contribution in [-0.4, -0.2) is 21.4 Å². The van der Waals surface area contributed by atoms with Crippen LogP contribution in [0.1, 0.15) is 39.6 Å². The van der Waals surface area contributed by atoms with Crippen LogP contribution in [0.3, 0.4) is 0 Å². The first-order valence-electron chi connectivity index (χ1n) is 9.48. The van der Waals surface area contributed by atoms with Crippen LogP contribution in [0.15, 0.2) is 64.1 Å². The molecule has 2 aromatic heterocycles. The van der Waals surface area contributed by atoms with Crippen molar-refractivity contribution in [1.29, 1.82) is 0 Å². The minimum atomic E-state index is -0.521. The fourth-order valence-electron chi connectivity index (χ4n) is 3.32. The Balaban J connectivity index is 1.29. The molecule has 8 heteroatoms. The Labute approximate surface area is 174 Å². The van der Waals surface area contributed by atoms with Crippen molar-refractivity contribution in [3.63, 3.8) is 0 Å². The molecule has 1 saturated carbocycles. The number of benzene rings is 2. The zero-order chi connectivity index (χ0) is 20.7. The van der Waals surface area contributed by atoms with Crippen LogP contribution in [-0.2, 0) is 0 Å². The number of ether oxygens (including phenoxy) is 1. The fourth-order valence-corrected chi connectivity index (χ4v) is 3.96. The number of aromatic nitrogens is 2. The molecular weight excluding hydrogens is 402 g/mol. The van der Waals surface area contributed by atoms with Crippen molar-refractivity contribution in [2.75, 3.05) is 5.32 Å². The Hall–Kier alpha value is -3.65. The lowest BCUT2D eigenvalue weighted by Gasteiger charge is -2.07. The molecule has 7 nitrogen and oxygen atoms in total. The molecule has 5 rings (SSSR count). The van der Waals surface area contributed by atoms with Gasteiger partial charge in [0, 0.05) is 17.1 Å². The van der Waals surface area contributed by atoms with Crippen LogP contribution in [0.2, 0.25) is 0 Å². The third-order valence-corrected chi connectivity index (χ3v) is 5.65. The van der Waals surface area contributed by atoms with Gasteiger partial charge in [0.1, 0.15) is 5.75 Å². The second-order valence-electron chi connectivity index (χ2n) is 7.14. The van der Waals surface area contributed by atoms with Crippen molar-refractivity contribution in [2.24, 2.45) is 0 Å². The number of carbonyl (C=O) groups is 2. The number of H-pyrrole nitrogens is 1. The first-order valence-corrected chi connectivity index (χ1v) is 10.4. The number of carbonyl (C=O) groups excluding carboxylic acids is 2. The molecule has 30 heavy (non-hydrogen) atoms. The van der Waals surface area contributed by atoms with E-state index in [4.69, 9.17) is 4.74 Å². The average Bonchev–Trinajstić information content (AvgIpc) is 3.30. The highest BCUT2D eigenvalue weighted by Gasteiger charge is 2.27. The molecule has 1 fully saturated rings. The van der Waals surface area contributed by atoms with Crippen molar-refractivity contribution in [2.45, 2.75) is 18.9 Å². The lowest BCUT2D eigenvalue weighted by atomic mass is 10.2. The first-order chi connectivity index (χ1) is 14.6. The average molecular weight is 419 g/mol. The number of aromatic amines is 1. The van der Waals surface area contributed by atoms with Gasteiger partial charge < -0.3 is 15.0 Å². The normalized spacial score (nSPS) is 13.3. The van der Waals surface area contributed by atoms with Gasteiger partial charge >= 0.3 is 11.7 Å². The molecular formula is C22H17N3O4S. The molecule has 0 spiro atoms. The maximum Gasteiger partial charge on any atom is 0.343 e.